The van der Waals surface area contributed by atoms with Gasteiger partial charge in [0, 0.05) is 30.1 Å². The van der Waals surface area contributed by atoms with Crippen LogP contribution in [-0.2, 0) is 0 Å². The first-order valence-corrected chi connectivity index (χ1v) is 8.15. The zero-order valence-electron chi connectivity index (χ0n) is 12.3. The maximum absolute atomic E-state index is 3.65. The molecule has 1 saturated heterocycles. The van der Waals surface area contributed by atoms with Crippen LogP contribution in [0.1, 0.15) is 41.0 Å². The summed E-state index contributed by atoms with van der Waals surface area (Å²) in [6.07, 6.45) is 1.27. The molecule has 17 heavy (non-hydrogen) atoms. The van der Waals surface area contributed by atoms with Gasteiger partial charge < -0.3 is 5.32 Å². The third-order valence-electron chi connectivity index (χ3n) is 3.71. The summed E-state index contributed by atoms with van der Waals surface area (Å²) >= 11 is 2.10. The number of thioether (sulfide) groups is 1. The van der Waals surface area contributed by atoms with E-state index in [1.165, 1.54) is 31.0 Å². The number of rotatable bonds is 5. The molecule has 1 aliphatic heterocycles. The molecule has 2 atom stereocenters. The van der Waals surface area contributed by atoms with Crippen LogP contribution in [0.5, 0.6) is 0 Å². The first kappa shape index (κ1) is 15.3. The van der Waals surface area contributed by atoms with Crippen molar-refractivity contribution in [1.29, 1.82) is 0 Å². The van der Waals surface area contributed by atoms with Crippen LogP contribution in [0.4, 0.5) is 0 Å². The fraction of sp³-hybridized carbons (Fsp3) is 1.00. The molecular weight excluding hydrogens is 228 g/mol. The average molecular weight is 258 g/mol. The van der Waals surface area contributed by atoms with Crippen LogP contribution < -0.4 is 5.32 Å². The Morgan fingerprint density at radius 1 is 1.41 bits per heavy atom. The van der Waals surface area contributed by atoms with Crippen LogP contribution in [-0.4, -0.2) is 48.1 Å². The largest absolute Gasteiger partial charge is 0.314 e. The van der Waals surface area contributed by atoms with E-state index in [-0.39, 0.29) is 0 Å². The lowest BCUT2D eigenvalue weighted by atomic mass is 9.84. The third-order valence-corrected chi connectivity index (χ3v) is 4.90. The van der Waals surface area contributed by atoms with Crippen molar-refractivity contribution in [2.45, 2.75) is 53.1 Å². The van der Waals surface area contributed by atoms with Gasteiger partial charge in [0.2, 0.25) is 0 Å². The lowest BCUT2D eigenvalue weighted by molar-refractivity contribution is 0.185. The maximum atomic E-state index is 3.65. The molecule has 1 fully saturated rings. The lowest BCUT2D eigenvalue weighted by Crippen LogP contribution is -2.46. The van der Waals surface area contributed by atoms with E-state index in [2.05, 4.69) is 56.6 Å². The molecule has 2 nitrogen and oxygen atoms in total. The zero-order valence-corrected chi connectivity index (χ0v) is 13.1. The van der Waals surface area contributed by atoms with Gasteiger partial charge in [-0.2, -0.15) is 11.8 Å². The highest BCUT2D eigenvalue weighted by molar-refractivity contribution is 7.99. The monoisotopic (exact) mass is 258 g/mol. The number of nitrogens with one attached hydrogen (secondary N) is 1. The topological polar surface area (TPSA) is 15.3 Å². The number of nitrogens with zero attached hydrogens (tertiary/aromatic N) is 1. The minimum absolute atomic E-state index is 0.365. The van der Waals surface area contributed by atoms with E-state index >= 15 is 0 Å². The zero-order chi connectivity index (χ0) is 12.9. The molecule has 1 heterocycles. The van der Waals surface area contributed by atoms with Crippen molar-refractivity contribution in [1.82, 2.24) is 10.2 Å². The molecule has 1 rings (SSSR count). The van der Waals surface area contributed by atoms with Crippen molar-refractivity contribution < 1.29 is 0 Å². The van der Waals surface area contributed by atoms with Crippen molar-refractivity contribution in [2.24, 2.45) is 5.41 Å². The van der Waals surface area contributed by atoms with E-state index in [0.717, 1.165) is 12.6 Å². The van der Waals surface area contributed by atoms with Crippen molar-refractivity contribution in [3.05, 3.63) is 0 Å². The van der Waals surface area contributed by atoms with Crippen LogP contribution in [0.25, 0.3) is 0 Å². The molecule has 1 N–H and O–H groups in total. The van der Waals surface area contributed by atoms with Gasteiger partial charge in [0.15, 0.2) is 0 Å². The molecule has 0 saturated carbocycles. The van der Waals surface area contributed by atoms with Crippen LogP contribution in [0.3, 0.4) is 0 Å². The summed E-state index contributed by atoms with van der Waals surface area (Å²) in [5.41, 5.74) is 0.365. The SMILES string of the molecule is CCNC(CCN1CCSCC1C)C(C)(C)C. The van der Waals surface area contributed by atoms with E-state index in [9.17, 15) is 0 Å². The molecule has 0 aromatic rings. The summed E-state index contributed by atoms with van der Waals surface area (Å²) in [5, 5.41) is 3.65. The normalized spacial score (nSPS) is 24.9. The first-order chi connectivity index (χ1) is 7.95. The Morgan fingerprint density at radius 2 is 2.12 bits per heavy atom. The third kappa shape index (κ3) is 5.19. The predicted octanol–water partition coefficient (Wildman–Crippen LogP) is 2.84. The molecule has 102 valence electrons. The Morgan fingerprint density at radius 3 is 2.65 bits per heavy atom. The second-order valence-corrected chi connectivity index (χ2v) is 7.37. The van der Waals surface area contributed by atoms with E-state index < -0.39 is 0 Å². The van der Waals surface area contributed by atoms with Crippen molar-refractivity contribution in [3.63, 3.8) is 0 Å². The van der Waals surface area contributed by atoms with Crippen molar-refractivity contribution in [2.75, 3.05) is 31.1 Å². The van der Waals surface area contributed by atoms with Gasteiger partial charge in [0.1, 0.15) is 0 Å². The summed E-state index contributed by atoms with van der Waals surface area (Å²) in [4.78, 5) is 2.66. The second kappa shape index (κ2) is 7.01. The van der Waals surface area contributed by atoms with Gasteiger partial charge in [-0.25, -0.2) is 0 Å². The maximum Gasteiger partial charge on any atom is 0.0158 e. The second-order valence-electron chi connectivity index (χ2n) is 6.22. The van der Waals surface area contributed by atoms with Gasteiger partial charge in [-0.1, -0.05) is 27.7 Å². The fourth-order valence-corrected chi connectivity index (χ4v) is 3.56. The summed E-state index contributed by atoms with van der Waals surface area (Å²) < 4.78 is 0. The van der Waals surface area contributed by atoms with Gasteiger partial charge in [0.05, 0.1) is 0 Å². The summed E-state index contributed by atoms with van der Waals surface area (Å²) in [7, 11) is 0. The van der Waals surface area contributed by atoms with E-state index in [0.29, 0.717) is 11.5 Å². The quantitative estimate of drug-likeness (QED) is 0.816. The summed E-state index contributed by atoms with van der Waals surface area (Å²) in [6.45, 7) is 15.2. The molecule has 2 unspecified atom stereocenters. The molecule has 1 aliphatic rings. The van der Waals surface area contributed by atoms with E-state index in [4.69, 9.17) is 0 Å². The highest BCUT2D eigenvalue weighted by Crippen LogP contribution is 2.23. The van der Waals surface area contributed by atoms with Crippen LogP contribution in [0.2, 0.25) is 0 Å². The number of hydrogen-bond acceptors (Lipinski definition) is 3. The highest BCUT2D eigenvalue weighted by atomic mass is 32.2. The Hall–Kier alpha value is 0.270. The molecule has 0 bridgehead atoms. The van der Waals surface area contributed by atoms with Gasteiger partial charge in [-0.3, -0.25) is 4.90 Å². The minimum Gasteiger partial charge on any atom is -0.314 e. The summed E-state index contributed by atoms with van der Waals surface area (Å²) in [6, 6.07) is 1.39. The van der Waals surface area contributed by atoms with Crippen molar-refractivity contribution >= 4 is 11.8 Å². The molecule has 0 aliphatic carbocycles. The molecule has 0 aromatic heterocycles. The molecule has 0 amide bonds. The van der Waals surface area contributed by atoms with Gasteiger partial charge in [-0.05, 0) is 31.8 Å². The smallest absolute Gasteiger partial charge is 0.0158 e. The Labute approximate surface area is 112 Å². The van der Waals surface area contributed by atoms with Crippen LogP contribution in [0, 0.1) is 5.41 Å². The Kier molecular flexibility index (Phi) is 6.32. The van der Waals surface area contributed by atoms with E-state index in [1.807, 2.05) is 0 Å². The fourth-order valence-electron chi connectivity index (χ4n) is 2.48. The molecule has 3 heteroatoms. The standard InChI is InChI=1S/C14H30N2S/c1-6-15-13(14(3,4)5)7-8-16-9-10-17-11-12(16)2/h12-13,15H,6-11H2,1-5H3. The van der Waals surface area contributed by atoms with E-state index in [1.54, 1.807) is 0 Å². The number of hydrogen-bond donors (Lipinski definition) is 1. The average Bonchev–Trinajstić information content (AvgIpc) is 2.24. The van der Waals surface area contributed by atoms with Gasteiger partial charge in [-0.15, -0.1) is 0 Å². The Bertz CT molecular complexity index is 213. The molecule has 0 spiro atoms. The summed E-state index contributed by atoms with van der Waals surface area (Å²) in [5.74, 6) is 2.62. The molecule has 0 radical (unpaired) electrons. The van der Waals surface area contributed by atoms with Gasteiger partial charge in [0.25, 0.3) is 0 Å². The Balaban J connectivity index is 2.40. The molecule has 0 aromatic carbocycles. The predicted molar refractivity (Wildman–Crippen MR) is 79.9 cm³/mol. The highest BCUT2D eigenvalue weighted by Gasteiger charge is 2.25. The van der Waals surface area contributed by atoms with Crippen LogP contribution >= 0.6 is 11.8 Å². The first-order valence-electron chi connectivity index (χ1n) is 7.00. The van der Waals surface area contributed by atoms with Gasteiger partial charge >= 0.3 is 0 Å². The lowest BCUT2D eigenvalue weighted by Gasteiger charge is -2.37. The van der Waals surface area contributed by atoms with Crippen LogP contribution in [0.15, 0.2) is 0 Å². The van der Waals surface area contributed by atoms with Crippen molar-refractivity contribution in [3.8, 4) is 0 Å². The minimum atomic E-state index is 0.365. The molecular formula is C14H30N2S.